The minimum atomic E-state index is -0.623. The van der Waals surface area contributed by atoms with E-state index in [0.717, 1.165) is 0 Å². The summed E-state index contributed by atoms with van der Waals surface area (Å²) in [4.78, 5) is 25.7. The van der Waals surface area contributed by atoms with E-state index < -0.39 is 5.92 Å². The number of nitrogens with one attached hydrogen (secondary N) is 1. The van der Waals surface area contributed by atoms with Crippen molar-refractivity contribution in [2.45, 2.75) is 19.3 Å². The van der Waals surface area contributed by atoms with Crippen LogP contribution in [-0.2, 0) is 4.79 Å². The number of nitrogens with zero attached hydrogens (tertiary/aromatic N) is 2. The normalized spacial score (nSPS) is 16.3. The zero-order chi connectivity index (χ0) is 18.4. The highest BCUT2D eigenvalue weighted by atomic mass is 35.5. The van der Waals surface area contributed by atoms with Crippen LogP contribution in [0.4, 0.5) is 10.2 Å². The highest BCUT2D eigenvalue weighted by Crippen LogP contribution is 2.39. The third-order valence-electron chi connectivity index (χ3n) is 4.31. The third kappa shape index (κ3) is 2.83. The van der Waals surface area contributed by atoms with Crippen molar-refractivity contribution in [3.63, 3.8) is 0 Å². The first kappa shape index (κ1) is 16.9. The van der Waals surface area contributed by atoms with Crippen molar-refractivity contribution in [1.82, 2.24) is 9.78 Å². The molecule has 4 rings (SSSR count). The molecule has 3 heterocycles. The number of benzene rings is 1. The van der Waals surface area contributed by atoms with Crippen molar-refractivity contribution < 1.29 is 14.0 Å². The SMILES string of the molecule is Cc1nn(-c2ccc(F)cc2)c2c1[C@H](C(=O)c1ccc(Cl)s1)CC(=O)N2. The molecule has 0 spiro atoms. The molecule has 0 bridgehead atoms. The Kier molecular flexibility index (Phi) is 4.13. The summed E-state index contributed by atoms with van der Waals surface area (Å²) < 4.78 is 15.3. The van der Waals surface area contributed by atoms with Crippen LogP contribution in [0.5, 0.6) is 0 Å². The quantitative estimate of drug-likeness (QED) is 0.677. The molecule has 1 N–H and O–H groups in total. The van der Waals surface area contributed by atoms with Crippen molar-refractivity contribution in [3.8, 4) is 5.69 Å². The lowest BCUT2D eigenvalue weighted by Crippen LogP contribution is -2.28. The number of fused-ring (bicyclic) bond motifs is 1. The molecule has 132 valence electrons. The fourth-order valence-corrected chi connectivity index (χ4v) is 4.20. The fourth-order valence-electron chi connectivity index (χ4n) is 3.16. The third-order valence-corrected chi connectivity index (χ3v) is 5.55. The molecule has 0 fully saturated rings. The van der Waals surface area contributed by atoms with Crippen LogP contribution in [0.3, 0.4) is 0 Å². The zero-order valence-electron chi connectivity index (χ0n) is 13.6. The van der Waals surface area contributed by atoms with E-state index in [0.29, 0.717) is 32.0 Å². The predicted molar refractivity (Wildman–Crippen MR) is 97.9 cm³/mol. The van der Waals surface area contributed by atoms with Gasteiger partial charge in [-0.25, -0.2) is 9.07 Å². The van der Waals surface area contributed by atoms with Crippen molar-refractivity contribution in [1.29, 1.82) is 0 Å². The maximum Gasteiger partial charge on any atom is 0.226 e. The number of Topliss-reactive ketones (excluding diaryl/α,β-unsaturated/α-hetero) is 1. The Hall–Kier alpha value is -2.51. The van der Waals surface area contributed by atoms with Gasteiger partial charge in [-0.15, -0.1) is 11.3 Å². The molecular weight excluding hydrogens is 377 g/mol. The van der Waals surface area contributed by atoms with Gasteiger partial charge in [0.25, 0.3) is 0 Å². The molecule has 0 unspecified atom stereocenters. The predicted octanol–water partition coefficient (Wildman–Crippen LogP) is 4.34. The Morgan fingerprint density at radius 3 is 2.69 bits per heavy atom. The molecule has 0 radical (unpaired) electrons. The molecule has 0 saturated carbocycles. The van der Waals surface area contributed by atoms with Crippen LogP contribution in [0.2, 0.25) is 4.34 Å². The van der Waals surface area contributed by atoms with E-state index >= 15 is 0 Å². The average Bonchev–Trinajstić information content (AvgIpc) is 3.18. The van der Waals surface area contributed by atoms with E-state index in [-0.39, 0.29) is 23.9 Å². The van der Waals surface area contributed by atoms with Crippen LogP contribution in [0.25, 0.3) is 5.69 Å². The Morgan fingerprint density at radius 2 is 2.04 bits per heavy atom. The van der Waals surface area contributed by atoms with Gasteiger partial charge in [0.05, 0.1) is 26.5 Å². The number of aryl methyl sites for hydroxylation is 1. The van der Waals surface area contributed by atoms with Crippen molar-refractivity contribution in [3.05, 3.63) is 62.7 Å². The first-order valence-corrected chi connectivity index (χ1v) is 9.08. The summed E-state index contributed by atoms with van der Waals surface area (Å²) in [7, 11) is 0. The number of carbonyl (C=O) groups excluding carboxylic acids is 2. The summed E-state index contributed by atoms with van der Waals surface area (Å²) in [6, 6.07) is 9.11. The van der Waals surface area contributed by atoms with Crippen LogP contribution in [0.1, 0.15) is 33.3 Å². The summed E-state index contributed by atoms with van der Waals surface area (Å²) >= 11 is 7.13. The van der Waals surface area contributed by atoms with E-state index in [9.17, 15) is 14.0 Å². The summed E-state index contributed by atoms with van der Waals surface area (Å²) in [6.07, 6.45) is 0.0529. The fraction of sp³-hybridized carbons (Fsp3) is 0.167. The maximum absolute atomic E-state index is 13.2. The molecule has 5 nitrogen and oxygen atoms in total. The van der Waals surface area contributed by atoms with Gasteiger partial charge in [0.2, 0.25) is 5.91 Å². The highest BCUT2D eigenvalue weighted by Gasteiger charge is 2.36. The molecule has 8 heteroatoms. The maximum atomic E-state index is 13.2. The summed E-state index contributed by atoms with van der Waals surface area (Å²) in [6.45, 7) is 1.79. The minimum Gasteiger partial charge on any atom is -0.310 e. The second-order valence-corrected chi connectivity index (χ2v) is 7.72. The van der Waals surface area contributed by atoms with Crippen LogP contribution in [-0.4, -0.2) is 21.5 Å². The number of carbonyl (C=O) groups is 2. The molecule has 3 aromatic rings. The molecule has 0 saturated heterocycles. The second kappa shape index (κ2) is 6.34. The summed E-state index contributed by atoms with van der Waals surface area (Å²) in [5, 5.41) is 7.26. The van der Waals surface area contributed by atoms with Gasteiger partial charge in [-0.05, 0) is 43.3 Å². The van der Waals surface area contributed by atoms with Crippen molar-refractivity contribution in [2.75, 3.05) is 5.32 Å². The molecule has 1 aliphatic rings. The number of hydrogen-bond acceptors (Lipinski definition) is 4. The van der Waals surface area contributed by atoms with Crippen LogP contribution in [0, 0.1) is 12.7 Å². The van der Waals surface area contributed by atoms with Gasteiger partial charge in [0, 0.05) is 12.0 Å². The summed E-state index contributed by atoms with van der Waals surface area (Å²) in [5.74, 6) is -0.950. The van der Waals surface area contributed by atoms with Crippen LogP contribution in [0.15, 0.2) is 36.4 Å². The smallest absolute Gasteiger partial charge is 0.226 e. The van der Waals surface area contributed by atoms with E-state index in [1.165, 1.54) is 28.2 Å². The number of aromatic nitrogens is 2. The number of thiophene rings is 1. The van der Waals surface area contributed by atoms with Gasteiger partial charge in [-0.1, -0.05) is 11.6 Å². The van der Waals surface area contributed by atoms with Crippen LogP contribution < -0.4 is 5.32 Å². The topological polar surface area (TPSA) is 64.0 Å². The van der Waals surface area contributed by atoms with E-state index in [1.54, 1.807) is 31.2 Å². The molecule has 1 aromatic carbocycles. The number of anilines is 1. The molecular formula is C18H13ClFN3O2S. The minimum absolute atomic E-state index is 0.0529. The van der Waals surface area contributed by atoms with Crippen LogP contribution >= 0.6 is 22.9 Å². The van der Waals surface area contributed by atoms with Crippen molar-refractivity contribution in [2.24, 2.45) is 0 Å². The number of hydrogen-bond donors (Lipinski definition) is 1. The standard InChI is InChI=1S/C18H13ClFN3O2S/c1-9-16-12(17(25)13-6-7-14(19)26-13)8-15(24)21-18(16)23(22-9)11-4-2-10(20)3-5-11/h2-7,12H,8H2,1H3,(H,21,24)/t12-/m1/s1. The highest BCUT2D eigenvalue weighted by molar-refractivity contribution is 7.18. The monoisotopic (exact) mass is 389 g/mol. The lowest BCUT2D eigenvalue weighted by atomic mass is 9.87. The Balaban J connectivity index is 1.82. The zero-order valence-corrected chi connectivity index (χ0v) is 15.2. The first-order valence-electron chi connectivity index (χ1n) is 7.89. The number of amides is 1. The van der Waals surface area contributed by atoms with E-state index in [4.69, 9.17) is 11.6 Å². The van der Waals surface area contributed by atoms with E-state index in [2.05, 4.69) is 10.4 Å². The molecule has 1 aliphatic heterocycles. The van der Waals surface area contributed by atoms with Gasteiger partial charge in [0.15, 0.2) is 5.78 Å². The average molecular weight is 390 g/mol. The van der Waals surface area contributed by atoms with Gasteiger partial charge in [0.1, 0.15) is 11.6 Å². The lowest BCUT2D eigenvalue weighted by molar-refractivity contribution is -0.116. The summed E-state index contributed by atoms with van der Waals surface area (Å²) in [5.41, 5.74) is 1.93. The van der Waals surface area contributed by atoms with Crippen molar-refractivity contribution >= 4 is 40.4 Å². The molecule has 26 heavy (non-hydrogen) atoms. The largest absolute Gasteiger partial charge is 0.310 e. The first-order chi connectivity index (χ1) is 12.4. The molecule has 1 atom stereocenters. The Labute approximate surface area is 157 Å². The van der Waals surface area contributed by atoms with E-state index in [1.807, 2.05) is 0 Å². The Bertz CT molecular complexity index is 1030. The molecule has 0 aliphatic carbocycles. The van der Waals surface area contributed by atoms with Gasteiger partial charge >= 0.3 is 0 Å². The van der Waals surface area contributed by atoms with Gasteiger partial charge < -0.3 is 5.32 Å². The number of ketones is 1. The lowest BCUT2D eigenvalue weighted by Gasteiger charge is -2.22. The van der Waals surface area contributed by atoms with Gasteiger partial charge in [-0.2, -0.15) is 5.10 Å². The number of halogens is 2. The second-order valence-electron chi connectivity index (χ2n) is 6.01. The van der Waals surface area contributed by atoms with Gasteiger partial charge in [-0.3, -0.25) is 9.59 Å². The number of rotatable bonds is 3. The molecule has 1 amide bonds. The molecule has 2 aromatic heterocycles. The Morgan fingerprint density at radius 1 is 1.31 bits per heavy atom.